The van der Waals surface area contributed by atoms with Crippen molar-refractivity contribution in [2.45, 2.75) is 13.5 Å². The first-order valence-electron chi connectivity index (χ1n) is 7.97. The van der Waals surface area contributed by atoms with Crippen molar-refractivity contribution in [1.82, 2.24) is 14.4 Å². The topological polar surface area (TPSA) is 39.4 Å². The summed E-state index contributed by atoms with van der Waals surface area (Å²) in [7, 11) is 0. The number of fused-ring (bicyclic) bond motifs is 1. The van der Waals surface area contributed by atoms with E-state index in [0.717, 1.165) is 16.8 Å². The molecule has 0 N–H and O–H groups in total. The monoisotopic (exact) mass is 333 g/mol. The molecular weight excluding hydrogens is 317 g/mol. The molecule has 124 valence electrons. The lowest BCUT2D eigenvalue weighted by Gasteiger charge is -2.05. The van der Waals surface area contributed by atoms with Crippen LogP contribution in [-0.4, -0.2) is 14.4 Å². The largest absolute Gasteiger partial charge is 0.487 e. The van der Waals surface area contributed by atoms with Gasteiger partial charge < -0.3 is 4.74 Å². The van der Waals surface area contributed by atoms with Gasteiger partial charge in [-0.3, -0.25) is 4.40 Å². The molecule has 4 nitrogen and oxygen atoms in total. The number of ether oxygens (including phenoxy) is 1. The van der Waals surface area contributed by atoms with Crippen molar-refractivity contribution in [3.05, 3.63) is 84.2 Å². The maximum Gasteiger partial charge on any atom is 0.234 e. The molecule has 0 radical (unpaired) electrons. The van der Waals surface area contributed by atoms with Crippen molar-refractivity contribution < 1.29 is 9.13 Å². The SMILES string of the molecule is Cc1ccccc1-c1cnc2nc(COc3ccc(F)cc3)cn2c1. The molecule has 0 saturated heterocycles. The lowest BCUT2D eigenvalue weighted by Crippen LogP contribution is -1.95. The van der Waals surface area contributed by atoms with Gasteiger partial charge in [0.15, 0.2) is 0 Å². The molecule has 0 spiro atoms. The second-order valence-corrected chi connectivity index (χ2v) is 5.84. The summed E-state index contributed by atoms with van der Waals surface area (Å²) >= 11 is 0. The zero-order valence-electron chi connectivity index (χ0n) is 13.7. The number of benzene rings is 2. The Labute approximate surface area is 144 Å². The minimum Gasteiger partial charge on any atom is -0.487 e. The maximum absolute atomic E-state index is 12.9. The van der Waals surface area contributed by atoms with Crippen LogP contribution in [0, 0.1) is 12.7 Å². The first kappa shape index (κ1) is 15.3. The van der Waals surface area contributed by atoms with Gasteiger partial charge in [-0.2, -0.15) is 0 Å². The van der Waals surface area contributed by atoms with Crippen LogP contribution < -0.4 is 4.74 Å². The molecule has 0 fully saturated rings. The van der Waals surface area contributed by atoms with Crippen molar-refractivity contribution >= 4 is 5.78 Å². The molecule has 25 heavy (non-hydrogen) atoms. The molecule has 0 aliphatic rings. The van der Waals surface area contributed by atoms with Gasteiger partial charge in [0.2, 0.25) is 5.78 Å². The van der Waals surface area contributed by atoms with Crippen LogP contribution in [0.5, 0.6) is 5.75 Å². The fraction of sp³-hybridized carbons (Fsp3) is 0.100. The van der Waals surface area contributed by atoms with E-state index < -0.39 is 0 Å². The molecule has 2 heterocycles. The molecule has 5 heteroatoms. The predicted molar refractivity (Wildman–Crippen MR) is 93.9 cm³/mol. The van der Waals surface area contributed by atoms with E-state index in [9.17, 15) is 4.39 Å². The molecule has 4 aromatic rings. The number of nitrogens with zero attached hydrogens (tertiary/aromatic N) is 3. The van der Waals surface area contributed by atoms with E-state index in [1.165, 1.54) is 17.7 Å². The Morgan fingerprint density at radius 3 is 2.64 bits per heavy atom. The number of aryl methyl sites for hydroxylation is 1. The van der Waals surface area contributed by atoms with Gasteiger partial charge in [0, 0.05) is 24.2 Å². The average Bonchev–Trinajstić information content (AvgIpc) is 3.04. The molecule has 0 unspecified atom stereocenters. The van der Waals surface area contributed by atoms with Gasteiger partial charge in [0.1, 0.15) is 18.2 Å². The molecule has 2 aromatic carbocycles. The number of halogens is 1. The second-order valence-electron chi connectivity index (χ2n) is 5.84. The lowest BCUT2D eigenvalue weighted by molar-refractivity contribution is 0.301. The average molecular weight is 333 g/mol. The summed E-state index contributed by atoms with van der Waals surface area (Å²) in [4.78, 5) is 8.89. The standard InChI is InChI=1S/C20H16FN3O/c1-14-4-2-3-5-19(14)15-10-22-20-23-17(12-24(20)11-15)13-25-18-8-6-16(21)7-9-18/h2-12H,13H2,1H3. The van der Waals surface area contributed by atoms with Crippen LogP contribution in [0.15, 0.2) is 67.1 Å². The molecule has 4 rings (SSSR count). The maximum atomic E-state index is 12.9. The smallest absolute Gasteiger partial charge is 0.234 e. The minimum absolute atomic E-state index is 0.284. The summed E-state index contributed by atoms with van der Waals surface area (Å²) in [5.74, 6) is 0.940. The van der Waals surface area contributed by atoms with E-state index >= 15 is 0 Å². The highest BCUT2D eigenvalue weighted by molar-refractivity contribution is 5.66. The Hall–Kier alpha value is -3.21. The van der Waals surface area contributed by atoms with Gasteiger partial charge in [-0.25, -0.2) is 14.4 Å². The summed E-state index contributed by atoms with van der Waals surface area (Å²) < 4.78 is 20.5. The number of imidazole rings is 1. The summed E-state index contributed by atoms with van der Waals surface area (Å²) in [6, 6.07) is 14.1. The second kappa shape index (κ2) is 6.36. The zero-order valence-corrected chi connectivity index (χ0v) is 13.7. The number of rotatable bonds is 4. The van der Waals surface area contributed by atoms with Crippen molar-refractivity contribution in [2.24, 2.45) is 0 Å². The van der Waals surface area contributed by atoms with Crippen LogP contribution in [0.25, 0.3) is 16.9 Å². The van der Waals surface area contributed by atoms with Gasteiger partial charge in [-0.15, -0.1) is 0 Å². The molecule has 0 bridgehead atoms. The van der Waals surface area contributed by atoms with Crippen LogP contribution >= 0.6 is 0 Å². The molecule has 2 aromatic heterocycles. The van der Waals surface area contributed by atoms with Crippen LogP contribution in [0.3, 0.4) is 0 Å². The number of hydrogen-bond acceptors (Lipinski definition) is 3. The highest BCUT2D eigenvalue weighted by Gasteiger charge is 2.07. The van der Waals surface area contributed by atoms with E-state index in [2.05, 4.69) is 29.0 Å². The zero-order chi connectivity index (χ0) is 17.2. The molecular formula is C20H16FN3O. The quantitative estimate of drug-likeness (QED) is 0.555. The van der Waals surface area contributed by atoms with Crippen molar-refractivity contribution in [1.29, 1.82) is 0 Å². The van der Waals surface area contributed by atoms with E-state index in [1.807, 2.05) is 35.1 Å². The molecule has 0 aliphatic carbocycles. The van der Waals surface area contributed by atoms with Gasteiger partial charge >= 0.3 is 0 Å². The summed E-state index contributed by atoms with van der Waals surface area (Å²) in [5, 5.41) is 0. The normalized spacial score (nSPS) is 11.0. The Kier molecular flexibility index (Phi) is 3.90. The highest BCUT2D eigenvalue weighted by atomic mass is 19.1. The Morgan fingerprint density at radius 1 is 1.04 bits per heavy atom. The fourth-order valence-corrected chi connectivity index (χ4v) is 2.73. The van der Waals surface area contributed by atoms with Crippen LogP contribution in [-0.2, 0) is 6.61 Å². The first-order valence-corrected chi connectivity index (χ1v) is 7.97. The third kappa shape index (κ3) is 3.21. The molecule has 0 saturated carbocycles. The molecule has 0 amide bonds. The van der Waals surface area contributed by atoms with E-state index in [0.29, 0.717) is 18.1 Å². The summed E-state index contributed by atoms with van der Waals surface area (Å²) in [5.41, 5.74) is 4.14. The predicted octanol–water partition coefficient (Wildman–Crippen LogP) is 4.42. The molecule has 0 aliphatic heterocycles. The fourth-order valence-electron chi connectivity index (χ4n) is 2.73. The Balaban J connectivity index is 1.58. The minimum atomic E-state index is -0.284. The Bertz CT molecular complexity index is 1020. The van der Waals surface area contributed by atoms with Crippen LogP contribution in [0.4, 0.5) is 4.39 Å². The number of hydrogen-bond donors (Lipinski definition) is 0. The lowest BCUT2D eigenvalue weighted by atomic mass is 10.0. The molecule has 0 atom stereocenters. The van der Waals surface area contributed by atoms with Gasteiger partial charge in [-0.05, 0) is 42.3 Å². The third-order valence-corrected chi connectivity index (χ3v) is 4.02. The van der Waals surface area contributed by atoms with Crippen LogP contribution in [0.1, 0.15) is 11.3 Å². The Morgan fingerprint density at radius 2 is 1.84 bits per heavy atom. The van der Waals surface area contributed by atoms with Crippen molar-refractivity contribution in [3.63, 3.8) is 0 Å². The number of aromatic nitrogens is 3. The van der Waals surface area contributed by atoms with Gasteiger partial charge in [0.05, 0.1) is 5.69 Å². The van der Waals surface area contributed by atoms with Crippen molar-refractivity contribution in [2.75, 3.05) is 0 Å². The summed E-state index contributed by atoms with van der Waals surface area (Å²) in [6.07, 6.45) is 5.74. The van der Waals surface area contributed by atoms with E-state index in [1.54, 1.807) is 12.1 Å². The third-order valence-electron chi connectivity index (χ3n) is 4.02. The van der Waals surface area contributed by atoms with Gasteiger partial charge in [-0.1, -0.05) is 24.3 Å². The summed E-state index contributed by atoms with van der Waals surface area (Å²) in [6.45, 7) is 2.38. The van der Waals surface area contributed by atoms with Crippen molar-refractivity contribution in [3.8, 4) is 16.9 Å². The van der Waals surface area contributed by atoms with Gasteiger partial charge in [0.25, 0.3) is 0 Å². The van der Waals surface area contributed by atoms with E-state index in [4.69, 9.17) is 4.74 Å². The van der Waals surface area contributed by atoms with E-state index in [-0.39, 0.29) is 5.82 Å². The van der Waals surface area contributed by atoms with Crippen LogP contribution in [0.2, 0.25) is 0 Å². The first-order chi connectivity index (χ1) is 12.2. The highest BCUT2D eigenvalue weighted by Crippen LogP contribution is 2.22.